The average molecular weight is 210 g/mol. The molecule has 0 saturated carbocycles. The molecule has 0 amide bonds. The Kier molecular flexibility index (Phi) is 3.36. The molecule has 0 aliphatic rings. The Balaban J connectivity index is 4.23. The zero-order chi connectivity index (χ0) is 8.36. The van der Waals surface area contributed by atoms with Crippen molar-refractivity contribution in [2.45, 2.75) is 24.7 Å². The molecule has 0 spiro atoms. The molecule has 2 unspecified atom stereocenters. The molecule has 0 saturated heterocycles. The molecule has 3 nitrogen and oxygen atoms in total. The Morgan fingerprint density at radius 3 is 2.40 bits per heavy atom. The molecule has 0 aliphatic heterocycles. The van der Waals surface area contributed by atoms with Crippen LogP contribution in [-0.4, -0.2) is 31.5 Å². The van der Waals surface area contributed by atoms with Crippen LogP contribution in [0.3, 0.4) is 0 Å². The van der Waals surface area contributed by atoms with Gasteiger partial charge in [0.2, 0.25) is 0 Å². The summed E-state index contributed by atoms with van der Waals surface area (Å²) in [6.45, 7) is 3.75. The van der Waals surface area contributed by atoms with Gasteiger partial charge in [-0.2, -0.15) is 0 Å². The second-order valence-corrected chi connectivity index (χ2v) is 3.99. The van der Waals surface area contributed by atoms with Gasteiger partial charge < -0.3 is 0 Å². The Hall–Kier alpha value is -0.0505. The standard InChI is InChI=1S/C6H13NO2Se/c1-3-4(2)6(7,10)5(8)9/h4,10H,3,7H2,1-2H3,(H,8,9). The number of rotatable bonds is 3. The molecule has 60 valence electrons. The summed E-state index contributed by atoms with van der Waals surface area (Å²) >= 11 is 2.01. The quantitative estimate of drug-likeness (QED) is 0.627. The molecular weight excluding hydrogens is 197 g/mol. The number of carboxylic acid groups (broad SMARTS) is 1. The molecule has 0 radical (unpaired) electrons. The molecule has 2 atom stereocenters. The molecule has 4 heteroatoms. The predicted octanol–water partition coefficient (Wildman–Crippen LogP) is -0.327. The van der Waals surface area contributed by atoms with Gasteiger partial charge in [0.05, 0.1) is 0 Å². The van der Waals surface area contributed by atoms with Crippen molar-refractivity contribution in [1.29, 1.82) is 0 Å². The summed E-state index contributed by atoms with van der Waals surface area (Å²) < 4.78 is -1.14. The van der Waals surface area contributed by atoms with Crippen molar-refractivity contribution in [3.63, 3.8) is 0 Å². The van der Waals surface area contributed by atoms with Crippen LogP contribution in [0.1, 0.15) is 20.3 Å². The maximum atomic E-state index is 10.5. The minimum absolute atomic E-state index is 0.00926. The molecule has 0 heterocycles. The molecule has 0 rings (SSSR count). The van der Waals surface area contributed by atoms with Crippen LogP contribution in [0.5, 0.6) is 0 Å². The van der Waals surface area contributed by atoms with Crippen LogP contribution in [0.4, 0.5) is 0 Å². The van der Waals surface area contributed by atoms with Gasteiger partial charge in [0.25, 0.3) is 0 Å². The first-order valence-corrected chi connectivity index (χ1v) is 4.11. The molecule has 0 aromatic heterocycles. The Morgan fingerprint density at radius 2 is 2.30 bits per heavy atom. The minimum atomic E-state index is -1.14. The molecule has 3 N–H and O–H groups in total. The first-order valence-electron chi connectivity index (χ1n) is 3.17. The third-order valence-electron chi connectivity index (χ3n) is 1.71. The van der Waals surface area contributed by atoms with Crippen molar-refractivity contribution in [3.8, 4) is 0 Å². The topological polar surface area (TPSA) is 63.3 Å². The summed E-state index contributed by atoms with van der Waals surface area (Å²) in [7, 11) is 0. The van der Waals surface area contributed by atoms with Crippen molar-refractivity contribution in [1.82, 2.24) is 0 Å². The van der Waals surface area contributed by atoms with Gasteiger partial charge in [-0.3, -0.25) is 0 Å². The first kappa shape index (κ1) is 9.95. The Labute approximate surface area is 68.8 Å². The van der Waals surface area contributed by atoms with Crippen LogP contribution in [0.2, 0.25) is 0 Å². The van der Waals surface area contributed by atoms with Crippen molar-refractivity contribution in [2.24, 2.45) is 11.7 Å². The maximum absolute atomic E-state index is 10.5. The Bertz CT molecular complexity index is 136. The molecule has 0 aromatic carbocycles. The molecule has 0 aromatic rings. The van der Waals surface area contributed by atoms with E-state index in [0.717, 1.165) is 6.42 Å². The number of hydrogen-bond acceptors (Lipinski definition) is 2. The van der Waals surface area contributed by atoms with Crippen molar-refractivity contribution >= 4 is 22.0 Å². The van der Waals surface area contributed by atoms with Crippen LogP contribution >= 0.6 is 0 Å². The van der Waals surface area contributed by atoms with Crippen LogP contribution in [0, 0.1) is 5.92 Å². The number of aliphatic carboxylic acids is 1. The van der Waals surface area contributed by atoms with Gasteiger partial charge >= 0.3 is 68.2 Å². The van der Waals surface area contributed by atoms with Crippen LogP contribution in [0.15, 0.2) is 0 Å². The molecule has 0 aliphatic carbocycles. The van der Waals surface area contributed by atoms with Gasteiger partial charge in [-0.05, 0) is 0 Å². The number of carboxylic acids is 1. The van der Waals surface area contributed by atoms with Crippen LogP contribution in [-0.2, 0) is 4.79 Å². The SMILES string of the molecule is CCC(C)C(N)([SeH])C(=O)O. The van der Waals surface area contributed by atoms with Crippen molar-refractivity contribution < 1.29 is 9.90 Å². The van der Waals surface area contributed by atoms with Gasteiger partial charge in [-0.25, -0.2) is 0 Å². The van der Waals surface area contributed by atoms with E-state index in [9.17, 15) is 4.79 Å². The fourth-order valence-corrected chi connectivity index (χ4v) is 0.905. The zero-order valence-corrected chi connectivity index (χ0v) is 8.04. The van der Waals surface area contributed by atoms with Crippen LogP contribution < -0.4 is 5.73 Å². The van der Waals surface area contributed by atoms with Crippen molar-refractivity contribution in [2.75, 3.05) is 0 Å². The number of carbonyl (C=O) groups is 1. The van der Waals surface area contributed by atoms with E-state index in [2.05, 4.69) is 0 Å². The van der Waals surface area contributed by atoms with Gasteiger partial charge in [-0.15, -0.1) is 0 Å². The fraction of sp³-hybridized carbons (Fsp3) is 0.833. The summed E-state index contributed by atoms with van der Waals surface area (Å²) in [6.07, 6.45) is 0.775. The predicted molar refractivity (Wildman–Crippen MR) is 41.2 cm³/mol. The van der Waals surface area contributed by atoms with Crippen molar-refractivity contribution in [3.05, 3.63) is 0 Å². The van der Waals surface area contributed by atoms with E-state index in [1.54, 1.807) is 0 Å². The normalized spacial score (nSPS) is 19.6. The van der Waals surface area contributed by atoms with Gasteiger partial charge in [0.1, 0.15) is 0 Å². The van der Waals surface area contributed by atoms with E-state index in [1.807, 2.05) is 29.9 Å². The monoisotopic (exact) mass is 211 g/mol. The summed E-state index contributed by atoms with van der Waals surface area (Å²) in [6, 6.07) is 0. The second kappa shape index (κ2) is 3.37. The Morgan fingerprint density at radius 1 is 1.90 bits per heavy atom. The second-order valence-electron chi connectivity index (χ2n) is 2.44. The molecule has 0 fully saturated rings. The van der Waals surface area contributed by atoms with Gasteiger partial charge in [-0.1, -0.05) is 0 Å². The molecular formula is C6H13NO2Se. The number of hydrogen-bond donors (Lipinski definition) is 2. The average Bonchev–Trinajstić information content (AvgIpc) is 1.86. The number of nitrogens with two attached hydrogens (primary N) is 1. The van der Waals surface area contributed by atoms with E-state index in [-0.39, 0.29) is 5.92 Å². The molecule has 0 bridgehead atoms. The van der Waals surface area contributed by atoms with Gasteiger partial charge in [0, 0.05) is 0 Å². The van der Waals surface area contributed by atoms with E-state index in [4.69, 9.17) is 10.8 Å². The van der Waals surface area contributed by atoms with E-state index < -0.39 is 10.4 Å². The van der Waals surface area contributed by atoms with Gasteiger partial charge in [0.15, 0.2) is 0 Å². The van der Waals surface area contributed by atoms with E-state index >= 15 is 0 Å². The summed E-state index contributed by atoms with van der Waals surface area (Å²) in [5, 5.41) is 8.60. The van der Waals surface area contributed by atoms with Crippen LogP contribution in [0.25, 0.3) is 0 Å². The summed E-state index contributed by atoms with van der Waals surface area (Å²) in [4.78, 5) is 10.5. The summed E-state index contributed by atoms with van der Waals surface area (Å²) in [5.41, 5.74) is 5.49. The fourth-order valence-electron chi connectivity index (χ4n) is 0.522. The first-order chi connectivity index (χ1) is 4.42. The molecule has 10 heavy (non-hydrogen) atoms. The van der Waals surface area contributed by atoms with E-state index in [1.165, 1.54) is 0 Å². The van der Waals surface area contributed by atoms with E-state index in [0.29, 0.717) is 0 Å². The third kappa shape index (κ3) is 1.97. The zero-order valence-electron chi connectivity index (χ0n) is 6.16. The summed E-state index contributed by atoms with van der Waals surface area (Å²) in [5.74, 6) is -0.966. The third-order valence-corrected chi connectivity index (χ3v) is 3.03.